The fraction of sp³-hybridized carbons (Fsp3) is 1.00. The lowest BCUT2D eigenvalue weighted by atomic mass is 9.86. The van der Waals surface area contributed by atoms with Gasteiger partial charge in [0, 0.05) is 0 Å². The Kier molecular flexibility index (Phi) is 2.41. The molecule has 1 saturated carbocycles. The Balaban J connectivity index is 2.60. The molecule has 1 aliphatic carbocycles. The van der Waals surface area contributed by atoms with Gasteiger partial charge < -0.3 is 0 Å². The summed E-state index contributed by atoms with van der Waals surface area (Å²) in [4.78, 5) is 0. The first-order valence-corrected chi connectivity index (χ1v) is 4.51. The Hall–Kier alpha value is -0.210. The normalized spacial score (nSPS) is 23.8. The molecular formula is C9H15F3. The molecule has 0 aromatic rings. The zero-order valence-corrected chi connectivity index (χ0v) is 7.54. The van der Waals surface area contributed by atoms with Gasteiger partial charge in [0.25, 0.3) is 0 Å². The molecule has 0 heterocycles. The topological polar surface area (TPSA) is 0 Å². The van der Waals surface area contributed by atoms with Crippen molar-refractivity contribution in [2.24, 2.45) is 11.3 Å². The standard InChI is InChI=1S/C9H15F3/c1-3-4-7(2)8(5-6-8)9(10,11)12/h7H,3-6H2,1-2H3. The Morgan fingerprint density at radius 2 is 1.83 bits per heavy atom. The van der Waals surface area contributed by atoms with Crippen LogP contribution in [0, 0.1) is 11.3 Å². The first-order valence-electron chi connectivity index (χ1n) is 4.51. The fourth-order valence-corrected chi connectivity index (χ4v) is 1.90. The highest BCUT2D eigenvalue weighted by Crippen LogP contribution is 2.63. The lowest BCUT2D eigenvalue weighted by Gasteiger charge is -2.25. The first kappa shape index (κ1) is 9.87. The maximum Gasteiger partial charge on any atom is 0.394 e. The monoisotopic (exact) mass is 180 g/mol. The molecule has 0 radical (unpaired) electrons. The summed E-state index contributed by atoms with van der Waals surface area (Å²) < 4.78 is 37.4. The van der Waals surface area contributed by atoms with Crippen molar-refractivity contribution < 1.29 is 13.2 Å². The molecule has 0 N–H and O–H groups in total. The summed E-state index contributed by atoms with van der Waals surface area (Å²) >= 11 is 0. The Morgan fingerprint density at radius 3 is 2.08 bits per heavy atom. The van der Waals surface area contributed by atoms with Gasteiger partial charge >= 0.3 is 6.18 Å². The van der Waals surface area contributed by atoms with E-state index in [2.05, 4.69) is 0 Å². The molecule has 1 rings (SSSR count). The van der Waals surface area contributed by atoms with Crippen LogP contribution in [0.4, 0.5) is 13.2 Å². The summed E-state index contributed by atoms with van der Waals surface area (Å²) in [5, 5.41) is 0. The molecule has 0 aliphatic heterocycles. The van der Waals surface area contributed by atoms with E-state index in [1.807, 2.05) is 6.92 Å². The average molecular weight is 180 g/mol. The number of hydrogen-bond donors (Lipinski definition) is 0. The van der Waals surface area contributed by atoms with Crippen molar-refractivity contribution in [3.8, 4) is 0 Å². The van der Waals surface area contributed by atoms with Crippen molar-refractivity contribution in [1.29, 1.82) is 0 Å². The van der Waals surface area contributed by atoms with Gasteiger partial charge in [-0.25, -0.2) is 0 Å². The predicted octanol–water partition coefficient (Wildman–Crippen LogP) is 3.77. The van der Waals surface area contributed by atoms with Crippen LogP contribution in [0.5, 0.6) is 0 Å². The van der Waals surface area contributed by atoms with Crippen molar-refractivity contribution >= 4 is 0 Å². The summed E-state index contributed by atoms with van der Waals surface area (Å²) in [5.41, 5.74) is -1.30. The van der Waals surface area contributed by atoms with Gasteiger partial charge in [-0.1, -0.05) is 26.7 Å². The molecule has 1 unspecified atom stereocenters. The zero-order valence-electron chi connectivity index (χ0n) is 7.54. The minimum Gasteiger partial charge on any atom is -0.170 e. The van der Waals surface area contributed by atoms with Gasteiger partial charge in [0.05, 0.1) is 5.41 Å². The average Bonchev–Trinajstić information content (AvgIpc) is 2.63. The molecule has 72 valence electrons. The molecular weight excluding hydrogens is 165 g/mol. The molecule has 0 saturated heterocycles. The van der Waals surface area contributed by atoms with E-state index >= 15 is 0 Å². The summed E-state index contributed by atoms with van der Waals surface area (Å²) in [6, 6.07) is 0. The molecule has 0 aromatic heterocycles. The van der Waals surface area contributed by atoms with Gasteiger partial charge in [-0.15, -0.1) is 0 Å². The van der Waals surface area contributed by atoms with Crippen molar-refractivity contribution in [2.75, 3.05) is 0 Å². The van der Waals surface area contributed by atoms with E-state index in [-0.39, 0.29) is 5.92 Å². The minimum atomic E-state index is -3.97. The third kappa shape index (κ3) is 1.46. The van der Waals surface area contributed by atoms with Crippen LogP contribution in [-0.4, -0.2) is 6.18 Å². The lowest BCUT2D eigenvalue weighted by molar-refractivity contribution is -0.201. The molecule has 1 fully saturated rings. The Bertz CT molecular complexity index is 156. The van der Waals surface area contributed by atoms with E-state index in [1.165, 1.54) is 0 Å². The van der Waals surface area contributed by atoms with Gasteiger partial charge in [0.15, 0.2) is 0 Å². The third-order valence-electron chi connectivity index (χ3n) is 3.02. The first-order chi connectivity index (χ1) is 5.44. The van der Waals surface area contributed by atoms with Crippen molar-refractivity contribution in [3.05, 3.63) is 0 Å². The van der Waals surface area contributed by atoms with Crippen LogP contribution in [0.1, 0.15) is 39.5 Å². The molecule has 0 bridgehead atoms. The van der Waals surface area contributed by atoms with Gasteiger partial charge in [0.1, 0.15) is 0 Å². The summed E-state index contributed by atoms with van der Waals surface area (Å²) in [6.07, 6.45) is -1.74. The summed E-state index contributed by atoms with van der Waals surface area (Å²) in [5.74, 6) is -0.192. The summed E-state index contributed by atoms with van der Waals surface area (Å²) in [6.45, 7) is 3.66. The maximum atomic E-state index is 12.5. The van der Waals surface area contributed by atoms with E-state index in [9.17, 15) is 13.2 Å². The maximum absolute atomic E-state index is 12.5. The van der Waals surface area contributed by atoms with Gasteiger partial charge in [-0.05, 0) is 18.8 Å². The molecule has 1 aliphatic rings. The quantitative estimate of drug-likeness (QED) is 0.620. The largest absolute Gasteiger partial charge is 0.394 e. The summed E-state index contributed by atoms with van der Waals surface area (Å²) in [7, 11) is 0. The zero-order chi connectivity index (χ0) is 9.41. The van der Waals surface area contributed by atoms with Crippen LogP contribution in [0.15, 0.2) is 0 Å². The van der Waals surface area contributed by atoms with Crippen LogP contribution >= 0.6 is 0 Å². The fourth-order valence-electron chi connectivity index (χ4n) is 1.90. The van der Waals surface area contributed by atoms with E-state index in [1.54, 1.807) is 6.92 Å². The van der Waals surface area contributed by atoms with Crippen LogP contribution in [0.25, 0.3) is 0 Å². The second kappa shape index (κ2) is 2.93. The van der Waals surface area contributed by atoms with Gasteiger partial charge in [-0.3, -0.25) is 0 Å². The van der Waals surface area contributed by atoms with Crippen LogP contribution in [0.2, 0.25) is 0 Å². The second-order valence-electron chi connectivity index (χ2n) is 3.84. The van der Waals surface area contributed by atoms with E-state index < -0.39 is 11.6 Å². The molecule has 0 amide bonds. The smallest absolute Gasteiger partial charge is 0.170 e. The Labute approximate surface area is 71.1 Å². The second-order valence-corrected chi connectivity index (χ2v) is 3.84. The molecule has 0 aromatic carbocycles. The minimum absolute atomic E-state index is 0.192. The van der Waals surface area contributed by atoms with Crippen molar-refractivity contribution in [2.45, 2.75) is 45.7 Å². The van der Waals surface area contributed by atoms with Gasteiger partial charge in [-0.2, -0.15) is 13.2 Å². The van der Waals surface area contributed by atoms with E-state index in [0.717, 1.165) is 6.42 Å². The number of hydrogen-bond acceptors (Lipinski definition) is 0. The third-order valence-corrected chi connectivity index (χ3v) is 3.02. The number of halogens is 3. The van der Waals surface area contributed by atoms with Crippen LogP contribution in [0.3, 0.4) is 0 Å². The van der Waals surface area contributed by atoms with Gasteiger partial charge in [0.2, 0.25) is 0 Å². The Morgan fingerprint density at radius 1 is 1.33 bits per heavy atom. The van der Waals surface area contributed by atoms with Crippen molar-refractivity contribution in [3.63, 3.8) is 0 Å². The van der Waals surface area contributed by atoms with Crippen LogP contribution in [-0.2, 0) is 0 Å². The molecule has 0 nitrogen and oxygen atoms in total. The molecule has 3 heteroatoms. The highest BCUT2D eigenvalue weighted by Gasteiger charge is 2.65. The highest BCUT2D eigenvalue weighted by molar-refractivity contribution is 5.02. The van der Waals surface area contributed by atoms with E-state index in [0.29, 0.717) is 19.3 Å². The van der Waals surface area contributed by atoms with E-state index in [4.69, 9.17) is 0 Å². The highest BCUT2D eigenvalue weighted by atomic mass is 19.4. The lowest BCUT2D eigenvalue weighted by Crippen LogP contribution is -2.30. The van der Waals surface area contributed by atoms with Crippen LogP contribution < -0.4 is 0 Å². The number of alkyl halides is 3. The molecule has 12 heavy (non-hydrogen) atoms. The number of rotatable bonds is 3. The molecule has 0 spiro atoms. The predicted molar refractivity (Wildman–Crippen MR) is 41.8 cm³/mol. The molecule has 1 atom stereocenters. The van der Waals surface area contributed by atoms with Crippen molar-refractivity contribution in [1.82, 2.24) is 0 Å². The SMILES string of the molecule is CCCC(C)C1(C(F)(F)F)CC1.